The van der Waals surface area contributed by atoms with Crippen LogP contribution in [0.3, 0.4) is 0 Å². The Labute approximate surface area is 159 Å². The van der Waals surface area contributed by atoms with Crippen molar-refractivity contribution in [1.29, 1.82) is 0 Å². The highest BCUT2D eigenvalue weighted by Crippen LogP contribution is 2.33. The summed E-state index contributed by atoms with van der Waals surface area (Å²) < 4.78 is 3.07. The monoisotopic (exact) mass is 389 g/mol. The summed E-state index contributed by atoms with van der Waals surface area (Å²) in [6.07, 6.45) is 2.21. The van der Waals surface area contributed by atoms with Gasteiger partial charge in [-0.1, -0.05) is 78.5 Å². The normalized spacial score (nSPS) is 15.6. The van der Waals surface area contributed by atoms with Gasteiger partial charge in [-0.3, -0.25) is 4.99 Å². The van der Waals surface area contributed by atoms with Gasteiger partial charge in [0.2, 0.25) is 4.96 Å². The van der Waals surface area contributed by atoms with Gasteiger partial charge in [0.25, 0.3) is 0 Å². The minimum atomic E-state index is 0.327. The van der Waals surface area contributed by atoms with Crippen LogP contribution in [0.25, 0.3) is 4.96 Å². The number of hydrogen-bond acceptors (Lipinski definition) is 7. The van der Waals surface area contributed by atoms with E-state index in [1.165, 1.54) is 5.56 Å². The van der Waals surface area contributed by atoms with Gasteiger partial charge in [0.15, 0.2) is 5.82 Å². The predicted octanol–water partition coefficient (Wildman–Crippen LogP) is 4.45. The van der Waals surface area contributed by atoms with Crippen LogP contribution in [0, 0.1) is 0 Å². The fraction of sp³-hybridized carbons (Fsp3) is 0.412. The SMILES string of the molecule is CCC[C@@H](c1ccccc1)c1nn2c(CSC3=NCCS3)nnc2s1. The van der Waals surface area contributed by atoms with Crippen LogP contribution >= 0.6 is 34.9 Å². The first-order valence-corrected chi connectivity index (χ1v) is 11.2. The molecule has 1 atom stereocenters. The first kappa shape index (κ1) is 17.1. The lowest BCUT2D eigenvalue weighted by Gasteiger charge is -2.13. The summed E-state index contributed by atoms with van der Waals surface area (Å²) in [6.45, 7) is 3.15. The number of hydrogen-bond donors (Lipinski definition) is 0. The molecule has 3 aromatic rings. The highest BCUT2D eigenvalue weighted by molar-refractivity contribution is 8.38. The van der Waals surface area contributed by atoms with Crippen LogP contribution in [0.15, 0.2) is 35.3 Å². The van der Waals surface area contributed by atoms with E-state index in [1.807, 2.05) is 16.3 Å². The molecule has 3 heterocycles. The molecule has 0 amide bonds. The molecule has 0 bridgehead atoms. The molecule has 1 aromatic carbocycles. The third-order valence-corrected chi connectivity index (χ3v) is 7.29. The van der Waals surface area contributed by atoms with E-state index in [0.29, 0.717) is 5.92 Å². The van der Waals surface area contributed by atoms with E-state index in [-0.39, 0.29) is 0 Å². The van der Waals surface area contributed by atoms with Crippen LogP contribution in [-0.2, 0) is 5.75 Å². The number of fused-ring (bicyclic) bond motifs is 1. The van der Waals surface area contributed by atoms with Crippen molar-refractivity contribution in [2.75, 3.05) is 12.3 Å². The average molecular weight is 390 g/mol. The molecule has 25 heavy (non-hydrogen) atoms. The summed E-state index contributed by atoms with van der Waals surface area (Å²) in [5.74, 6) is 3.09. The Morgan fingerprint density at radius 3 is 2.88 bits per heavy atom. The highest BCUT2D eigenvalue weighted by atomic mass is 32.2. The van der Waals surface area contributed by atoms with E-state index < -0.39 is 0 Å². The van der Waals surface area contributed by atoms with Gasteiger partial charge in [0.1, 0.15) is 9.38 Å². The van der Waals surface area contributed by atoms with Crippen molar-refractivity contribution in [1.82, 2.24) is 19.8 Å². The topological polar surface area (TPSA) is 55.4 Å². The zero-order valence-electron chi connectivity index (χ0n) is 14.0. The molecule has 130 valence electrons. The van der Waals surface area contributed by atoms with Crippen molar-refractivity contribution in [3.8, 4) is 0 Å². The Morgan fingerprint density at radius 1 is 1.24 bits per heavy atom. The zero-order chi connectivity index (χ0) is 17.1. The lowest BCUT2D eigenvalue weighted by Crippen LogP contribution is -2.03. The minimum absolute atomic E-state index is 0.327. The second-order valence-electron chi connectivity index (χ2n) is 5.79. The molecule has 0 saturated carbocycles. The first-order chi connectivity index (χ1) is 12.3. The summed E-state index contributed by atoms with van der Waals surface area (Å²) in [4.78, 5) is 5.36. The molecule has 1 aliphatic rings. The zero-order valence-corrected chi connectivity index (χ0v) is 16.4. The van der Waals surface area contributed by atoms with E-state index in [2.05, 4.69) is 52.4 Å². The van der Waals surface area contributed by atoms with E-state index >= 15 is 0 Å². The summed E-state index contributed by atoms with van der Waals surface area (Å²) in [7, 11) is 0. The summed E-state index contributed by atoms with van der Waals surface area (Å²) in [6, 6.07) is 10.6. The van der Waals surface area contributed by atoms with E-state index in [0.717, 1.165) is 51.1 Å². The average Bonchev–Trinajstić information content (AvgIpc) is 3.36. The maximum absolute atomic E-state index is 4.86. The Balaban J connectivity index is 1.59. The molecule has 1 aliphatic heterocycles. The minimum Gasteiger partial charge on any atom is -0.271 e. The van der Waals surface area contributed by atoms with Crippen LogP contribution in [0.1, 0.15) is 42.1 Å². The van der Waals surface area contributed by atoms with Gasteiger partial charge in [0, 0.05) is 11.7 Å². The molecule has 0 fully saturated rings. The van der Waals surface area contributed by atoms with Gasteiger partial charge in [-0.2, -0.15) is 9.61 Å². The first-order valence-electron chi connectivity index (χ1n) is 8.41. The Morgan fingerprint density at radius 2 is 2.12 bits per heavy atom. The van der Waals surface area contributed by atoms with Crippen LogP contribution in [0.2, 0.25) is 0 Å². The molecule has 4 rings (SSSR count). The van der Waals surface area contributed by atoms with Crippen molar-refractivity contribution in [2.24, 2.45) is 4.99 Å². The molecule has 0 radical (unpaired) electrons. The van der Waals surface area contributed by atoms with Gasteiger partial charge in [-0.25, -0.2) is 0 Å². The quantitative estimate of drug-likeness (QED) is 0.623. The molecular weight excluding hydrogens is 370 g/mol. The second kappa shape index (κ2) is 7.88. The van der Waals surface area contributed by atoms with Crippen molar-refractivity contribution in [2.45, 2.75) is 31.4 Å². The summed E-state index contributed by atoms with van der Waals surface area (Å²) >= 11 is 5.21. The molecule has 2 aromatic heterocycles. The number of aliphatic imine (C=N–C) groups is 1. The van der Waals surface area contributed by atoms with Crippen LogP contribution in [0.4, 0.5) is 0 Å². The largest absolute Gasteiger partial charge is 0.271 e. The number of thioether (sulfide) groups is 2. The number of aromatic nitrogens is 4. The fourth-order valence-corrected chi connectivity index (χ4v) is 5.77. The Bertz CT molecular complexity index is 871. The van der Waals surface area contributed by atoms with Crippen LogP contribution < -0.4 is 0 Å². The molecule has 0 aliphatic carbocycles. The highest BCUT2D eigenvalue weighted by Gasteiger charge is 2.21. The third kappa shape index (κ3) is 3.75. The lowest BCUT2D eigenvalue weighted by molar-refractivity contribution is 0.677. The number of nitrogens with zero attached hydrogens (tertiary/aromatic N) is 5. The van der Waals surface area contributed by atoms with Crippen molar-refractivity contribution in [3.05, 3.63) is 46.7 Å². The van der Waals surface area contributed by atoms with E-state index in [4.69, 9.17) is 5.10 Å². The molecule has 8 heteroatoms. The van der Waals surface area contributed by atoms with Gasteiger partial charge >= 0.3 is 0 Å². The maximum atomic E-state index is 4.86. The Hall–Kier alpha value is -1.38. The third-order valence-electron chi connectivity index (χ3n) is 4.03. The van der Waals surface area contributed by atoms with Gasteiger partial charge in [-0.05, 0) is 12.0 Å². The summed E-state index contributed by atoms with van der Waals surface area (Å²) in [5, 5.41) is 14.6. The van der Waals surface area contributed by atoms with Gasteiger partial charge in [0.05, 0.1) is 12.3 Å². The standard InChI is InChI=1S/C17H19N5S3/c1-2-6-13(12-7-4-3-5-8-12)15-21-22-14(19-20-16(22)25-15)11-24-17-18-9-10-23-17/h3-5,7-8,13H,2,6,9-11H2,1H3/t13-/m0/s1. The fourth-order valence-electron chi connectivity index (χ4n) is 2.84. The molecule has 5 nitrogen and oxygen atoms in total. The van der Waals surface area contributed by atoms with Gasteiger partial charge in [-0.15, -0.1) is 10.2 Å². The van der Waals surface area contributed by atoms with Crippen molar-refractivity contribution in [3.63, 3.8) is 0 Å². The van der Waals surface area contributed by atoms with Crippen LogP contribution in [-0.4, -0.2) is 36.5 Å². The number of benzene rings is 1. The molecule has 0 unspecified atom stereocenters. The summed E-state index contributed by atoms with van der Waals surface area (Å²) in [5.41, 5.74) is 1.32. The van der Waals surface area contributed by atoms with E-state index in [9.17, 15) is 0 Å². The maximum Gasteiger partial charge on any atom is 0.234 e. The molecule has 0 N–H and O–H groups in total. The van der Waals surface area contributed by atoms with Crippen molar-refractivity contribution < 1.29 is 0 Å². The molecular formula is C17H19N5S3. The Kier molecular flexibility index (Phi) is 5.38. The predicted molar refractivity (Wildman–Crippen MR) is 108 cm³/mol. The lowest BCUT2D eigenvalue weighted by atomic mass is 9.95. The van der Waals surface area contributed by atoms with Crippen molar-refractivity contribution >= 4 is 44.2 Å². The molecule has 0 saturated heterocycles. The molecule has 0 spiro atoms. The second-order valence-corrected chi connectivity index (χ2v) is 9.08. The smallest absolute Gasteiger partial charge is 0.234 e. The van der Waals surface area contributed by atoms with Gasteiger partial charge < -0.3 is 0 Å². The van der Waals surface area contributed by atoms with Crippen LogP contribution in [0.5, 0.6) is 0 Å². The van der Waals surface area contributed by atoms with E-state index in [1.54, 1.807) is 23.1 Å². The number of rotatable bonds is 6.